The van der Waals surface area contributed by atoms with Crippen LogP contribution in [0.25, 0.3) is 0 Å². The smallest absolute Gasteiger partial charge is 0.264 e. The summed E-state index contributed by atoms with van der Waals surface area (Å²) < 4.78 is 34.5. The molecule has 0 radical (unpaired) electrons. The van der Waals surface area contributed by atoms with Crippen molar-refractivity contribution in [2.45, 2.75) is 56.1 Å². The second-order valence-electron chi connectivity index (χ2n) is 9.60. The summed E-state index contributed by atoms with van der Waals surface area (Å²) in [6.45, 7) is 7.17. The Hall–Kier alpha value is -3.21. The van der Waals surface area contributed by atoms with Gasteiger partial charge in [-0.05, 0) is 100 Å². The fraction of sp³-hybridized carbons (Fsp3) is 0.333. The normalized spacial score (nSPS) is 12.1. The number of hydrogen-bond acceptors (Lipinski definition) is 6. The van der Waals surface area contributed by atoms with Gasteiger partial charge in [-0.3, -0.25) is 13.9 Å². The molecule has 41 heavy (non-hydrogen) atoms. The van der Waals surface area contributed by atoms with Gasteiger partial charge in [0, 0.05) is 22.5 Å². The lowest BCUT2D eigenvalue weighted by Crippen LogP contribution is -2.52. The van der Waals surface area contributed by atoms with Crippen LogP contribution in [0.4, 0.5) is 5.69 Å². The maximum absolute atomic E-state index is 14.0. The van der Waals surface area contributed by atoms with E-state index < -0.39 is 28.5 Å². The highest BCUT2D eigenvalue weighted by Crippen LogP contribution is 2.28. The molecule has 3 aromatic rings. The van der Waals surface area contributed by atoms with Crippen LogP contribution in [0.1, 0.15) is 33.3 Å². The number of carbonyl (C=O) groups is 2. The zero-order chi connectivity index (χ0) is 30.2. The number of carbonyl (C=O) groups excluding carboxylic acids is 2. The van der Waals surface area contributed by atoms with Crippen molar-refractivity contribution in [2.75, 3.05) is 23.7 Å². The van der Waals surface area contributed by atoms with E-state index in [-0.39, 0.29) is 23.4 Å². The van der Waals surface area contributed by atoms with Crippen LogP contribution in [0.5, 0.6) is 5.75 Å². The predicted molar refractivity (Wildman–Crippen MR) is 165 cm³/mol. The number of hydrogen-bond donors (Lipinski definition) is 1. The minimum atomic E-state index is -4.16. The third-order valence-electron chi connectivity index (χ3n) is 6.23. The van der Waals surface area contributed by atoms with Gasteiger partial charge >= 0.3 is 0 Å². The number of sulfonamides is 1. The van der Waals surface area contributed by atoms with Gasteiger partial charge in [0.05, 0.1) is 17.2 Å². The van der Waals surface area contributed by atoms with Crippen LogP contribution in [0, 0.1) is 0 Å². The first kappa shape index (κ1) is 32.3. The SMILES string of the molecule is CCOc1ccc(N(CC(=O)N(Cc2ccc(Cl)cc2)[C@@H](C)C(=O)NC(C)C)S(=O)(=O)c2ccc(SC)cc2)cc1. The van der Waals surface area contributed by atoms with Crippen molar-refractivity contribution in [1.82, 2.24) is 10.2 Å². The van der Waals surface area contributed by atoms with Crippen molar-refractivity contribution in [2.24, 2.45) is 0 Å². The fourth-order valence-electron chi connectivity index (χ4n) is 4.05. The summed E-state index contributed by atoms with van der Waals surface area (Å²) in [5.74, 6) is -0.303. The lowest BCUT2D eigenvalue weighted by atomic mass is 10.1. The number of anilines is 1. The maximum atomic E-state index is 14.0. The Balaban J connectivity index is 2.03. The van der Waals surface area contributed by atoms with Gasteiger partial charge in [-0.2, -0.15) is 0 Å². The molecule has 3 aromatic carbocycles. The first-order chi connectivity index (χ1) is 19.5. The van der Waals surface area contributed by atoms with Gasteiger partial charge in [0.25, 0.3) is 10.0 Å². The lowest BCUT2D eigenvalue weighted by Gasteiger charge is -2.32. The number of benzene rings is 3. The molecule has 220 valence electrons. The quantitative estimate of drug-likeness (QED) is 0.251. The van der Waals surface area contributed by atoms with E-state index >= 15 is 0 Å². The van der Waals surface area contributed by atoms with Gasteiger partial charge in [0.2, 0.25) is 11.8 Å². The predicted octanol–water partition coefficient (Wildman–Crippen LogP) is 5.60. The van der Waals surface area contributed by atoms with Gasteiger partial charge in [-0.1, -0.05) is 23.7 Å². The molecule has 0 heterocycles. The molecule has 0 saturated heterocycles. The molecule has 0 saturated carbocycles. The van der Waals surface area contributed by atoms with Crippen molar-refractivity contribution >= 4 is 50.9 Å². The third kappa shape index (κ3) is 8.64. The average molecular weight is 618 g/mol. The van der Waals surface area contributed by atoms with Crippen LogP contribution in [0.15, 0.2) is 82.6 Å². The molecule has 3 rings (SSSR count). The van der Waals surface area contributed by atoms with Crippen molar-refractivity contribution in [3.63, 3.8) is 0 Å². The molecular formula is C30H36ClN3O5S2. The highest BCUT2D eigenvalue weighted by Gasteiger charge is 2.32. The van der Waals surface area contributed by atoms with E-state index in [1.165, 1.54) is 28.8 Å². The summed E-state index contributed by atoms with van der Waals surface area (Å²) in [5.41, 5.74) is 1.04. The molecule has 0 aliphatic carbocycles. The highest BCUT2D eigenvalue weighted by atomic mass is 35.5. The van der Waals surface area contributed by atoms with Crippen LogP contribution in [0.2, 0.25) is 5.02 Å². The topological polar surface area (TPSA) is 96.0 Å². The molecular weight excluding hydrogens is 582 g/mol. The summed E-state index contributed by atoms with van der Waals surface area (Å²) in [6.07, 6.45) is 1.90. The Morgan fingerprint density at radius 3 is 2.10 bits per heavy atom. The van der Waals surface area contributed by atoms with Crippen LogP contribution < -0.4 is 14.4 Å². The van der Waals surface area contributed by atoms with E-state index in [0.29, 0.717) is 23.1 Å². The Kier molecular flexibility index (Phi) is 11.5. The summed E-state index contributed by atoms with van der Waals surface area (Å²) in [4.78, 5) is 29.3. The van der Waals surface area contributed by atoms with Gasteiger partial charge in [-0.15, -0.1) is 11.8 Å². The van der Waals surface area contributed by atoms with Crippen LogP contribution in [-0.2, 0) is 26.2 Å². The fourth-order valence-corrected chi connectivity index (χ4v) is 6.00. The molecule has 0 aromatic heterocycles. The van der Waals surface area contributed by atoms with Crippen molar-refractivity contribution < 1.29 is 22.7 Å². The van der Waals surface area contributed by atoms with Crippen LogP contribution in [-0.4, -0.2) is 56.6 Å². The molecule has 2 amide bonds. The molecule has 11 heteroatoms. The maximum Gasteiger partial charge on any atom is 0.264 e. The summed E-state index contributed by atoms with van der Waals surface area (Å²) >= 11 is 7.54. The first-order valence-corrected chi connectivity index (χ1v) is 16.2. The van der Waals surface area contributed by atoms with Crippen molar-refractivity contribution in [3.8, 4) is 5.75 Å². The third-order valence-corrected chi connectivity index (χ3v) is 9.01. The highest BCUT2D eigenvalue weighted by molar-refractivity contribution is 7.98. The molecule has 1 atom stereocenters. The molecule has 8 nitrogen and oxygen atoms in total. The number of halogens is 1. The average Bonchev–Trinajstić information content (AvgIpc) is 2.95. The van der Waals surface area contributed by atoms with Gasteiger partial charge in [0.1, 0.15) is 18.3 Å². The lowest BCUT2D eigenvalue weighted by molar-refractivity contribution is -0.139. The van der Waals surface area contributed by atoms with Crippen molar-refractivity contribution in [1.29, 1.82) is 0 Å². The van der Waals surface area contributed by atoms with E-state index in [9.17, 15) is 18.0 Å². The monoisotopic (exact) mass is 617 g/mol. The number of amides is 2. The zero-order valence-electron chi connectivity index (χ0n) is 23.8. The largest absolute Gasteiger partial charge is 0.494 e. The molecule has 0 bridgehead atoms. The Morgan fingerprint density at radius 2 is 1.56 bits per heavy atom. The van der Waals surface area contributed by atoms with E-state index in [1.54, 1.807) is 67.6 Å². The second-order valence-corrected chi connectivity index (χ2v) is 12.8. The minimum Gasteiger partial charge on any atom is -0.494 e. The standard InChI is InChI=1S/C30H36ClN3O5S2/c1-6-39-26-13-11-25(12-14-26)34(41(37,38)28-17-15-27(40-5)16-18-28)20-29(35)33(22(4)30(36)32-21(2)3)19-23-7-9-24(31)10-8-23/h7-18,21-22H,6,19-20H2,1-5H3,(H,32,36)/t22-/m0/s1. The van der Waals surface area contributed by atoms with Gasteiger partial charge < -0.3 is 15.0 Å². The van der Waals surface area contributed by atoms with Crippen LogP contribution >= 0.6 is 23.4 Å². The number of nitrogens with zero attached hydrogens (tertiary/aromatic N) is 2. The molecule has 0 unspecified atom stereocenters. The number of nitrogens with one attached hydrogen (secondary N) is 1. The number of ether oxygens (including phenoxy) is 1. The number of thioether (sulfide) groups is 1. The minimum absolute atomic E-state index is 0.0480. The Morgan fingerprint density at radius 1 is 0.951 bits per heavy atom. The van der Waals surface area contributed by atoms with E-state index in [1.807, 2.05) is 27.0 Å². The van der Waals surface area contributed by atoms with Crippen molar-refractivity contribution in [3.05, 3.63) is 83.4 Å². The first-order valence-electron chi connectivity index (χ1n) is 13.2. The zero-order valence-corrected chi connectivity index (χ0v) is 26.2. The van der Waals surface area contributed by atoms with E-state index in [2.05, 4.69) is 5.32 Å². The Bertz CT molecular complexity index is 1410. The molecule has 1 N–H and O–H groups in total. The van der Waals surface area contributed by atoms with Gasteiger partial charge in [-0.25, -0.2) is 8.42 Å². The Labute approximate surface area is 252 Å². The summed E-state index contributed by atoms with van der Waals surface area (Å²) in [5, 5.41) is 3.38. The molecule has 0 fully saturated rings. The molecule has 0 spiro atoms. The second kappa shape index (κ2) is 14.6. The molecule has 0 aliphatic rings. The summed E-state index contributed by atoms with van der Waals surface area (Å²) in [7, 11) is -4.16. The summed E-state index contributed by atoms with van der Waals surface area (Å²) in [6, 6.07) is 19.0. The van der Waals surface area contributed by atoms with Crippen LogP contribution in [0.3, 0.4) is 0 Å². The van der Waals surface area contributed by atoms with E-state index in [0.717, 1.165) is 14.8 Å². The number of rotatable bonds is 13. The molecule has 0 aliphatic heterocycles. The van der Waals surface area contributed by atoms with Gasteiger partial charge in [0.15, 0.2) is 0 Å². The van der Waals surface area contributed by atoms with E-state index in [4.69, 9.17) is 16.3 Å².